The molecule has 1 heterocycles. The second kappa shape index (κ2) is 9.59. The van der Waals surface area contributed by atoms with E-state index in [9.17, 15) is 9.59 Å². The van der Waals surface area contributed by atoms with Crippen molar-refractivity contribution >= 4 is 45.5 Å². The molecule has 1 aliphatic heterocycles. The fourth-order valence-electron chi connectivity index (χ4n) is 3.41. The zero-order valence-electron chi connectivity index (χ0n) is 17.3. The van der Waals surface area contributed by atoms with Crippen LogP contribution in [0.2, 0.25) is 5.02 Å². The monoisotopic (exact) mass is 510 g/mol. The molecule has 0 aliphatic carbocycles. The number of nitrogens with one attached hydrogen (secondary N) is 1. The number of hydrogen-bond donors (Lipinski definition) is 1. The largest absolute Gasteiger partial charge is 0.486 e. The number of ether oxygens (including phenoxy) is 1. The molecule has 7 heteroatoms. The zero-order chi connectivity index (χ0) is 22.7. The summed E-state index contributed by atoms with van der Waals surface area (Å²) < 4.78 is 6.52. The van der Waals surface area contributed by atoms with E-state index in [2.05, 4.69) is 21.2 Å². The highest BCUT2D eigenvalue weighted by Gasteiger charge is 2.33. The molecular weight excluding hydrogens is 492 g/mol. The highest BCUT2D eigenvalue weighted by atomic mass is 79.9. The number of nitrogens with zero attached hydrogens (tertiary/aromatic N) is 1. The average Bonchev–Trinajstić information content (AvgIpc) is 3.01. The minimum atomic E-state index is -0.448. The van der Waals surface area contributed by atoms with Gasteiger partial charge in [0.15, 0.2) is 5.75 Å². The van der Waals surface area contributed by atoms with E-state index < -0.39 is 6.03 Å². The van der Waals surface area contributed by atoms with Gasteiger partial charge >= 0.3 is 6.03 Å². The van der Waals surface area contributed by atoms with Crippen molar-refractivity contribution in [3.63, 3.8) is 0 Å². The van der Waals surface area contributed by atoms with Gasteiger partial charge in [-0.1, -0.05) is 71.8 Å². The first-order valence-corrected chi connectivity index (χ1v) is 11.1. The van der Waals surface area contributed by atoms with Gasteiger partial charge in [-0.2, -0.15) is 0 Å². The van der Waals surface area contributed by atoms with Crippen LogP contribution in [-0.4, -0.2) is 16.8 Å². The Kier molecular flexibility index (Phi) is 6.63. The van der Waals surface area contributed by atoms with Gasteiger partial charge in [0.2, 0.25) is 0 Å². The van der Waals surface area contributed by atoms with Crippen molar-refractivity contribution in [3.8, 4) is 5.75 Å². The first-order valence-electron chi connectivity index (χ1n) is 9.96. The Labute approximate surface area is 199 Å². The van der Waals surface area contributed by atoms with Crippen LogP contribution in [0.5, 0.6) is 5.75 Å². The summed E-state index contributed by atoms with van der Waals surface area (Å²) in [6.45, 7) is 2.55. The van der Waals surface area contributed by atoms with Crippen LogP contribution in [-0.2, 0) is 17.9 Å². The van der Waals surface area contributed by atoms with Crippen molar-refractivity contribution in [2.75, 3.05) is 0 Å². The lowest BCUT2D eigenvalue weighted by Gasteiger charge is -2.12. The molecule has 1 aliphatic rings. The summed E-state index contributed by atoms with van der Waals surface area (Å²) in [6.07, 6.45) is 1.61. The Morgan fingerprint density at radius 1 is 1.03 bits per heavy atom. The lowest BCUT2D eigenvalue weighted by molar-refractivity contribution is -0.123. The Hall–Kier alpha value is -3.09. The lowest BCUT2D eigenvalue weighted by atomic mass is 10.1. The van der Waals surface area contributed by atoms with E-state index in [1.807, 2.05) is 61.5 Å². The van der Waals surface area contributed by atoms with Crippen molar-refractivity contribution in [2.24, 2.45) is 0 Å². The van der Waals surface area contributed by atoms with Gasteiger partial charge < -0.3 is 10.1 Å². The van der Waals surface area contributed by atoms with Crippen molar-refractivity contribution in [3.05, 3.63) is 104 Å². The number of amides is 3. The summed E-state index contributed by atoms with van der Waals surface area (Å²) in [6, 6.07) is 20.5. The predicted molar refractivity (Wildman–Crippen MR) is 128 cm³/mol. The highest BCUT2D eigenvalue weighted by Crippen LogP contribution is 2.36. The van der Waals surface area contributed by atoms with Crippen LogP contribution in [0.25, 0.3) is 6.08 Å². The molecule has 0 unspecified atom stereocenters. The summed E-state index contributed by atoms with van der Waals surface area (Å²) in [5, 5.41) is 3.04. The van der Waals surface area contributed by atoms with Crippen molar-refractivity contribution in [1.82, 2.24) is 10.2 Å². The summed E-state index contributed by atoms with van der Waals surface area (Å²) in [7, 11) is 0. The van der Waals surface area contributed by atoms with E-state index in [-0.39, 0.29) is 18.1 Å². The zero-order valence-corrected chi connectivity index (χ0v) is 19.6. The van der Waals surface area contributed by atoms with Crippen molar-refractivity contribution in [2.45, 2.75) is 20.1 Å². The van der Waals surface area contributed by atoms with E-state index in [0.29, 0.717) is 27.4 Å². The van der Waals surface area contributed by atoms with Crippen LogP contribution in [0, 0.1) is 6.92 Å². The summed E-state index contributed by atoms with van der Waals surface area (Å²) in [4.78, 5) is 26.4. The lowest BCUT2D eigenvalue weighted by Crippen LogP contribution is -2.30. The number of urea groups is 1. The molecule has 3 amide bonds. The molecule has 3 aromatic carbocycles. The van der Waals surface area contributed by atoms with Gasteiger partial charge in [0.05, 0.1) is 16.0 Å². The number of benzene rings is 3. The molecule has 3 aromatic rings. The molecule has 4 rings (SSSR count). The third-order valence-corrected chi connectivity index (χ3v) is 5.81. The molecule has 1 saturated heterocycles. The molecule has 0 spiro atoms. The number of halogens is 2. The van der Waals surface area contributed by atoms with Crippen LogP contribution in [0.4, 0.5) is 4.79 Å². The number of imide groups is 1. The first kappa shape index (κ1) is 22.1. The molecule has 32 heavy (non-hydrogen) atoms. The molecule has 0 saturated carbocycles. The second-order valence-corrected chi connectivity index (χ2v) is 8.72. The maximum Gasteiger partial charge on any atom is 0.329 e. The van der Waals surface area contributed by atoms with Crippen LogP contribution in [0.3, 0.4) is 0 Å². The van der Waals surface area contributed by atoms with E-state index in [1.165, 1.54) is 4.90 Å². The van der Waals surface area contributed by atoms with Gasteiger partial charge in [0, 0.05) is 0 Å². The maximum atomic E-state index is 12.8. The van der Waals surface area contributed by atoms with Gasteiger partial charge in [0.25, 0.3) is 5.91 Å². The fraction of sp³-hybridized carbons (Fsp3) is 0.120. The van der Waals surface area contributed by atoms with Crippen molar-refractivity contribution in [1.29, 1.82) is 0 Å². The minimum absolute atomic E-state index is 0.198. The molecule has 5 nitrogen and oxygen atoms in total. The third-order valence-electron chi connectivity index (χ3n) is 4.94. The molecule has 0 radical (unpaired) electrons. The molecule has 162 valence electrons. The predicted octanol–water partition coefficient (Wildman–Crippen LogP) is 6.08. The summed E-state index contributed by atoms with van der Waals surface area (Å²) >= 11 is 9.92. The van der Waals surface area contributed by atoms with Gasteiger partial charge in [0.1, 0.15) is 12.3 Å². The Bertz CT molecular complexity index is 1190. The summed E-state index contributed by atoms with van der Waals surface area (Å²) in [5.41, 5.74) is 3.84. The SMILES string of the molecule is Cc1cccc(CN2C(=O)N/C(=C/c3cc(Cl)c(OCc4ccccc4)c(Br)c3)C2=O)c1. The van der Waals surface area contributed by atoms with Crippen LogP contribution in [0.1, 0.15) is 22.3 Å². The molecule has 0 bridgehead atoms. The number of carbonyl (C=O) groups excluding carboxylic acids is 2. The van der Waals surface area contributed by atoms with Gasteiger partial charge in [-0.05, 0) is 57.8 Å². The Morgan fingerprint density at radius 2 is 1.78 bits per heavy atom. The van der Waals surface area contributed by atoms with Gasteiger partial charge in [-0.25, -0.2) is 4.79 Å². The number of aryl methyl sites for hydroxylation is 1. The fourth-order valence-corrected chi connectivity index (χ4v) is 4.39. The number of rotatable bonds is 6. The highest BCUT2D eigenvalue weighted by molar-refractivity contribution is 9.10. The molecular formula is C25H20BrClN2O3. The third kappa shape index (κ3) is 5.03. The molecule has 1 fully saturated rings. The standard InChI is InChI=1S/C25H20BrClN2O3/c1-16-6-5-9-18(10-16)14-29-24(30)22(28-25(29)31)13-19-11-20(26)23(21(27)12-19)32-15-17-7-3-2-4-8-17/h2-13H,14-15H2,1H3,(H,28,31)/b22-13+. The molecule has 0 atom stereocenters. The van der Waals surface area contributed by atoms with Gasteiger partial charge in [-0.3, -0.25) is 9.69 Å². The first-order chi connectivity index (χ1) is 15.4. The Morgan fingerprint density at radius 3 is 2.50 bits per heavy atom. The molecule has 0 aromatic heterocycles. The van der Waals surface area contributed by atoms with Crippen LogP contribution in [0.15, 0.2) is 76.9 Å². The Balaban J connectivity index is 1.50. The van der Waals surface area contributed by atoms with E-state index >= 15 is 0 Å². The minimum Gasteiger partial charge on any atom is -0.486 e. The normalized spacial score (nSPS) is 14.7. The van der Waals surface area contributed by atoms with Crippen LogP contribution >= 0.6 is 27.5 Å². The average molecular weight is 512 g/mol. The molecule has 1 N–H and O–H groups in total. The summed E-state index contributed by atoms with van der Waals surface area (Å²) in [5.74, 6) is 0.133. The second-order valence-electron chi connectivity index (χ2n) is 7.46. The topological polar surface area (TPSA) is 58.6 Å². The van der Waals surface area contributed by atoms with Crippen molar-refractivity contribution < 1.29 is 14.3 Å². The maximum absolute atomic E-state index is 12.8. The van der Waals surface area contributed by atoms with Crippen LogP contribution < -0.4 is 10.1 Å². The van der Waals surface area contributed by atoms with E-state index in [1.54, 1.807) is 18.2 Å². The van der Waals surface area contributed by atoms with E-state index in [4.69, 9.17) is 16.3 Å². The number of hydrogen-bond acceptors (Lipinski definition) is 3. The van der Waals surface area contributed by atoms with E-state index in [0.717, 1.165) is 16.7 Å². The quantitative estimate of drug-likeness (QED) is 0.322. The number of carbonyl (C=O) groups is 2. The smallest absolute Gasteiger partial charge is 0.329 e. The van der Waals surface area contributed by atoms with Gasteiger partial charge in [-0.15, -0.1) is 0 Å².